The molecule has 2 N–H and O–H groups in total. The molecule has 2 heterocycles. The van der Waals surface area contributed by atoms with Crippen molar-refractivity contribution in [1.82, 2.24) is 15.2 Å². The summed E-state index contributed by atoms with van der Waals surface area (Å²) in [5, 5.41) is 10.7. The maximum Gasteiger partial charge on any atom is 0.259 e. The summed E-state index contributed by atoms with van der Waals surface area (Å²) in [6.45, 7) is 0. The molecule has 2 aromatic heterocycles. The van der Waals surface area contributed by atoms with Crippen LogP contribution in [0.5, 0.6) is 0 Å². The van der Waals surface area contributed by atoms with Crippen molar-refractivity contribution < 1.29 is 4.79 Å². The first-order valence-corrected chi connectivity index (χ1v) is 6.52. The topological polar surface area (TPSA) is 73.9 Å². The molecule has 106 valence electrons. The lowest BCUT2D eigenvalue weighted by Crippen LogP contribution is -2.19. The first-order chi connectivity index (χ1) is 10.1. The molecule has 0 fully saturated rings. The molecule has 0 bridgehead atoms. The lowest BCUT2D eigenvalue weighted by atomic mass is 10.2. The molecule has 0 saturated heterocycles. The van der Waals surface area contributed by atoms with Crippen molar-refractivity contribution in [1.29, 1.82) is 0 Å². The Morgan fingerprint density at radius 1 is 1.29 bits per heavy atom. The predicted octanol–water partition coefficient (Wildman–Crippen LogP) is 2.28. The van der Waals surface area contributed by atoms with Gasteiger partial charge < -0.3 is 10.2 Å². The number of hydrogen-bond donors (Lipinski definition) is 2. The van der Waals surface area contributed by atoms with Crippen molar-refractivity contribution in [2.75, 3.05) is 24.3 Å². The largest absolute Gasteiger partial charge is 0.362 e. The summed E-state index contributed by atoms with van der Waals surface area (Å²) < 4.78 is 0. The number of benzene rings is 1. The summed E-state index contributed by atoms with van der Waals surface area (Å²) in [5.41, 5.74) is 2.20. The number of amides is 1. The van der Waals surface area contributed by atoms with Crippen molar-refractivity contribution in [2.24, 2.45) is 0 Å². The highest BCUT2D eigenvalue weighted by molar-refractivity contribution is 6.08. The van der Waals surface area contributed by atoms with Gasteiger partial charge in [0.1, 0.15) is 5.82 Å². The molecule has 1 aromatic carbocycles. The van der Waals surface area contributed by atoms with Crippen LogP contribution in [0.25, 0.3) is 10.9 Å². The number of carbonyl (C=O) groups is 1. The second kappa shape index (κ2) is 5.24. The monoisotopic (exact) mass is 281 g/mol. The number of fused-ring (bicyclic) bond motifs is 1. The van der Waals surface area contributed by atoms with Gasteiger partial charge in [-0.2, -0.15) is 5.10 Å². The molecular formula is C15H15N5O. The molecule has 6 nitrogen and oxygen atoms in total. The number of rotatable bonds is 3. The summed E-state index contributed by atoms with van der Waals surface area (Å²) in [5.74, 6) is 0.453. The first kappa shape index (κ1) is 13.1. The van der Waals surface area contributed by atoms with Crippen LogP contribution in [-0.2, 0) is 0 Å². The third-order valence-electron chi connectivity index (χ3n) is 3.15. The fourth-order valence-corrected chi connectivity index (χ4v) is 2.15. The van der Waals surface area contributed by atoms with Gasteiger partial charge in [-0.3, -0.25) is 9.89 Å². The maximum absolute atomic E-state index is 12.4. The van der Waals surface area contributed by atoms with E-state index < -0.39 is 0 Å². The van der Waals surface area contributed by atoms with E-state index in [4.69, 9.17) is 0 Å². The molecule has 0 radical (unpaired) electrons. The Bertz CT molecular complexity index is 793. The molecule has 1 amide bonds. The zero-order valence-corrected chi connectivity index (χ0v) is 11.8. The Morgan fingerprint density at radius 2 is 2.14 bits per heavy atom. The summed E-state index contributed by atoms with van der Waals surface area (Å²) in [6, 6.07) is 9.11. The van der Waals surface area contributed by atoms with Crippen molar-refractivity contribution in [2.45, 2.75) is 0 Å². The van der Waals surface area contributed by atoms with E-state index in [1.54, 1.807) is 24.5 Å². The maximum atomic E-state index is 12.4. The van der Waals surface area contributed by atoms with Crippen molar-refractivity contribution in [3.05, 3.63) is 48.3 Å². The SMILES string of the molecule is CN(C)c1ncccc1C(=O)Nc1ccc2[nH]ncc2c1. The molecule has 3 aromatic rings. The van der Waals surface area contributed by atoms with E-state index in [0.29, 0.717) is 11.4 Å². The van der Waals surface area contributed by atoms with Crippen LogP contribution >= 0.6 is 0 Å². The smallest absolute Gasteiger partial charge is 0.259 e. The predicted molar refractivity (Wildman–Crippen MR) is 82.6 cm³/mol. The second-order valence-electron chi connectivity index (χ2n) is 4.90. The van der Waals surface area contributed by atoms with Gasteiger partial charge in [0, 0.05) is 31.4 Å². The van der Waals surface area contributed by atoms with Crippen molar-refractivity contribution in [3.63, 3.8) is 0 Å². The standard InChI is InChI=1S/C15H15N5O/c1-20(2)14-12(4-3-7-16-14)15(21)18-11-5-6-13-10(8-11)9-17-19-13/h3-9H,1-2H3,(H,17,19)(H,18,21). The van der Waals surface area contributed by atoms with Gasteiger partial charge in [0.25, 0.3) is 5.91 Å². The highest BCUT2D eigenvalue weighted by Crippen LogP contribution is 2.20. The highest BCUT2D eigenvalue weighted by Gasteiger charge is 2.14. The minimum Gasteiger partial charge on any atom is -0.362 e. The third kappa shape index (κ3) is 2.55. The van der Waals surface area contributed by atoms with Crippen molar-refractivity contribution >= 4 is 28.3 Å². The molecule has 0 aliphatic carbocycles. The van der Waals surface area contributed by atoms with E-state index >= 15 is 0 Å². The number of pyridine rings is 1. The zero-order valence-electron chi connectivity index (χ0n) is 11.8. The van der Waals surface area contributed by atoms with Crippen LogP contribution in [-0.4, -0.2) is 35.2 Å². The van der Waals surface area contributed by atoms with Gasteiger partial charge in [-0.1, -0.05) is 0 Å². The van der Waals surface area contributed by atoms with E-state index in [9.17, 15) is 4.79 Å². The Kier molecular flexibility index (Phi) is 3.27. The average Bonchev–Trinajstić information content (AvgIpc) is 2.94. The summed E-state index contributed by atoms with van der Waals surface area (Å²) in [7, 11) is 3.72. The minimum absolute atomic E-state index is 0.186. The number of aromatic amines is 1. The third-order valence-corrected chi connectivity index (χ3v) is 3.15. The molecule has 0 saturated carbocycles. The summed E-state index contributed by atoms with van der Waals surface area (Å²) in [6.07, 6.45) is 3.39. The van der Waals surface area contributed by atoms with E-state index in [1.165, 1.54) is 0 Å². The normalized spacial score (nSPS) is 10.6. The summed E-state index contributed by atoms with van der Waals surface area (Å²) in [4.78, 5) is 18.5. The average molecular weight is 281 g/mol. The number of carbonyl (C=O) groups excluding carboxylic acids is 1. The Balaban J connectivity index is 1.89. The molecule has 3 rings (SSSR count). The Hall–Kier alpha value is -2.89. The van der Waals surface area contributed by atoms with Crippen LogP contribution in [0.15, 0.2) is 42.7 Å². The lowest BCUT2D eigenvalue weighted by Gasteiger charge is -2.15. The highest BCUT2D eigenvalue weighted by atomic mass is 16.1. The van der Waals surface area contributed by atoms with Crippen LogP contribution in [0.2, 0.25) is 0 Å². The van der Waals surface area contributed by atoms with E-state index in [0.717, 1.165) is 16.6 Å². The van der Waals surface area contributed by atoms with Crippen LogP contribution in [0.3, 0.4) is 0 Å². The van der Waals surface area contributed by atoms with Gasteiger partial charge in [-0.05, 0) is 30.3 Å². The van der Waals surface area contributed by atoms with Gasteiger partial charge in [0.2, 0.25) is 0 Å². The Labute approximate surface area is 121 Å². The fraction of sp³-hybridized carbons (Fsp3) is 0.133. The summed E-state index contributed by atoms with van der Waals surface area (Å²) >= 11 is 0. The number of anilines is 2. The lowest BCUT2D eigenvalue weighted by molar-refractivity contribution is 0.102. The molecule has 21 heavy (non-hydrogen) atoms. The number of H-pyrrole nitrogens is 1. The van der Waals surface area contributed by atoms with Crippen LogP contribution in [0.4, 0.5) is 11.5 Å². The van der Waals surface area contributed by atoms with Crippen LogP contribution in [0.1, 0.15) is 10.4 Å². The molecule has 6 heteroatoms. The van der Waals surface area contributed by atoms with Gasteiger partial charge >= 0.3 is 0 Å². The molecular weight excluding hydrogens is 266 g/mol. The number of nitrogens with zero attached hydrogens (tertiary/aromatic N) is 3. The zero-order chi connectivity index (χ0) is 14.8. The first-order valence-electron chi connectivity index (χ1n) is 6.52. The number of nitrogens with one attached hydrogen (secondary N) is 2. The van der Waals surface area contributed by atoms with Crippen LogP contribution < -0.4 is 10.2 Å². The van der Waals surface area contributed by atoms with E-state index in [2.05, 4.69) is 20.5 Å². The minimum atomic E-state index is -0.186. The fourth-order valence-electron chi connectivity index (χ4n) is 2.15. The van der Waals surface area contributed by atoms with Crippen LogP contribution in [0, 0.1) is 0 Å². The van der Waals surface area contributed by atoms with Gasteiger partial charge in [-0.25, -0.2) is 4.98 Å². The van der Waals surface area contributed by atoms with E-state index in [-0.39, 0.29) is 5.91 Å². The second-order valence-corrected chi connectivity index (χ2v) is 4.90. The Morgan fingerprint density at radius 3 is 2.95 bits per heavy atom. The molecule has 0 atom stereocenters. The number of hydrogen-bond acceptors (Lipinski definition) is 4. The van der Waals surface area contributed by atoms with E-state index in [1.807, 2.05) is 37.2 Å². The molecule has 0 aliphatic heterocycles. The molecule has 0 unspecified atom stereocenters. The molecule has 0 spiro atoms. The number of aromatic nitrogens is 3. The van der Waals surface area contributed by atoms with Gasteiger partial charge in [0.05, 0.1) is 17.3 Å². The van der Waals surface area contributed by atoms with Crippen molar-refractivity contribution in [3.8, 4) is 0 Å². The van der Waals surface area contributed by atoms with Gasteiger partial charge in [-0.15, -0.1) is 0 Å². The molecule has 0 aliphatic rings. The quantitative estimate of drug-likeness (QED) is 0.772. The van der Waals surface area contributed by atoms with Gasteiger partial charge in [0.15, 0.2) is 0 Å².